The zero-order valence-corrected chi connectivity index (χ0v) is 7.75. The molecule has 3 rings (SSSR count). The Hall–Kier alpha value is -0.0900. The molecular formula is C8H12O3S. The van der Waals surface area contributed by atoms with E-state index in [1.165, 1.54) is 0 Å². The van der Waals surface area contributed by atoms with Gasteiger partial charge in [0.25, 0.3) is 10.1 Å². The van der Waals surface area contributed by atoms with Gasteiger partial charge in [0.05, 0.1) is 11.4 Å². The summed E-state index contributed by atoms with van der Waals surface area (Å²) in [6.07, 6.45) is 1.96. The lowest BCUT2D eigenvalue weighted by atomic mass is 9.88. The van der Waals surface area contributed by atoms with Gasteiger partial charge in [-0.3, -0.25) is 4.18 Å². The number of rotatable bonds is 0. The van der Waals surface area contributed by atoms with Gasteiger partial charge in [-0.1, -0.05) is 6.92 Å². The number of hydrogen-bond donors (Lipinski definition) is 0. The van der Waals surface area contributed by atoms with Crippen molar-refractivity contribution in [1.29, 1.82) is 0 Å². The highest BCUT2D eigenvalue weighted by Gasteiger charge is 2.62. The second kappa shape index (κ2) is 1.87. The standard InChI is InChI=1S/C8H12O3S/c1-4-5-2-6-7(3-5)12(9,10)11-8(4)6/h4-8H,2-3H2,1H3/t4-,5?,6?,7?,8?/m1/s1. The maximum Gasteiger partial charge on any atom is 0.270 e. The van der Waals surface area contributed by atoms with Crippen molar-refractivity contribution >= 4 is 10.1 Å². The normalized spacial score (nSPS) is 59.6. The largest absolute Gasteiger partial charge is 0.270 e. The molecule has 2 bridgehead atoms. The van der Waals surface area contributed by atoms with E-state index in [4.69, 9.17) is 4.18 Å². The summed E-state index contributed by atoms with van der Waals surface area (Å²) >= 11 is 0. The molecule has 3 nitrogen and oxygen atoms in total. The predicted molar refractivity (Wildman–Crippen MR) is 43.0 cm³/mol. The molecule has 3 fully saturated rings. The van der Waals surface area contributed by atoms with Crippen molar-refractivity contribution in [3.8, 4) is 0 Å². The molecule has 0 radical (unpaired) electrons. The van der Waals surface area contributed by atoms with Crippen LogP contribution in [0.3, 0.4) is 0 Å². The Balaban J connectivity index is 2.11. The summed E-state index contributed by atoms with van der Waals surface area (Å²) < 4.78 is 27.9. The molecule has 5 atom stereocenters. The van der Waals surface area contributed by atoms with Crippen molar-refractivity contribution in [2.24, 2.45) is 17.8 Å². The first-order valence-corrected chi connectivity index (χ1v) is 5.99. The number of hydrogen-bond acceptors (Lipinski definition) is 3. The molecule has 4 heteroatoms. The maximum absolute atomic E-state index is 11.4. The van der Waals surface area contributed by atoms with Crippen LogP contribution in [0.2, 0.25) is 0 Å². The van der Waals surface area contributed by atoms with Gasteiger partial charge >= 0.3 is 0 Å². The highest BCUT2D eigenvalue weighted by atomic mass is 32.2. The Kier molecular flexibility index (Phi) is 1.14. The fourth-order valence-corrected chi connectivity index (χ4v) is 5.17. The summed E-state index contributed by atoms with van der Waals surface area (Å²) in [4.78, 5) is 0. The van der Waals surface area contributed by atoms with E-state index in [-0.39, 0.29) is 11.4 Å². The van der Waals surface area contributed by atoms with Crippen LogP contribution in [-0.2, 0) is 14.3 Å². The molecule has 0 N–H and O–H groups in total. The third-order valence-corrected chi connectivity index (χ3v) is 5.66. The summed E-state index contributed by atoms with van der Waals surface area (Å²) in [5.41, 5.74) is 0. The zero-order chi connectivity index (χ0) is 8.51. The van der Waals surface area contributed by atoms with E-state index in [2.05, 4.69) is 6.92 Å². The van der Waals surface area contributed by atoms with Gasteiger partial charge < -0.3 is 0 Å². The maximum atomic E-state index is 11.4. The van der Waals surface area contributed by atoms with Crippen LogP contribution in [0.15, 0.2) is 0 Å². The Morgan fingerprint density at radius 1 is 1.33 bits per heavy atom. The molecule has 1 heterocycles. The van der Waals surface area contributed by atoms with Gasteiger partial charge in [0.1, 0.15) is 0 Å². The molecule has 68 valence electrons. The van der Waals surface area contributed by atoms with Gasteiger partial charge in [0.15, 0.2) is 0 Å². The highest BCUT2D eigenvalue weighted by molar-refractivity contribution is 7.87. The third-order valence-electron chi connectivity index (χ3n) is 3.89. The third kappa shape index (κ3) is 0.646. The molecule has 0 amide bonds. The van der Waals surface area contributed by atoms with E-state index in [0.717, 1.165) is 12.8 Å². The van der Waals surface area contributed by atoms with E-state index in [9.17, 15) is 8.42 Å². The molecule has 2 saturated carbocycles. The highest BCUT2D eigenvalue weighted by Crippen LogP contribution is 2.56. The van der Waals surface area contributed by atoms with Crippen LogP contribution < -0.4 is 0 Å². The molecule has 0 spiro atoms. The minimum Gasteiger partial charge on any atom is -0.266 e. The Morgan fingerprint density at radius 2 is 2.08 bits per heavy atom. The van der Waals surface area contributed by atoms with E-state index in [1.807, 2.05) is 0 Å². The molecule has 1 aliphatic heterocycles. The van der Waals surface area contributed by atoms with E-state index in [0.29, 0.717) is 17.8 Å². The second-order valence-electron chi connectivity index (χ2n) is 4.35. The van der Waals surface area contributed by atoms with Crippen molar-refractivity contribution in [1.82, 2.24) is 0 Å². The van der Waals surface area contributed by atoms with Crippen LogP contribution >= 0.6 is 0 Å². The van der Waals surface area contributed by atoms with Gasteiger partial charge in [-0.05, 0) is 24.7 Å². The molecule has 3 aliphatic rings. The molecular weight excluding hydrogens is 176 g/mol. The molecule has 0 aromatic rings. The predicted octanol–water partition coefficient (Wildman–Crippen LogP) is 0.759. The SMILES string of the molecule is C[C@@H]1C2CC3C1OS(=O)(=O)C3C2. The first-order valence-electron chi connectivity index (χ1n) is 4.52. The van der Waals surface area contributed by atoms with E-state index >= 15 is 0 Å². The van der Waals surface area contributed by atoms with Crippen molar-refractivity contribution in [3.05, 3.63) is 0 Å². The summed E-state index contributed by atoms with van der Waals surface area (Å²) in [7, 11) is -3.16. The molecule has 0 aromatic heterocycles. The fraction of sp³-hybridized carbons (Fsp3) is 1.00. The first kappa shape index (κ1) is 7.33. The quantitative estimate of drug-likeness (QED) is 0.527. The molecule has 1 saturated heterocycles. The average molecular weight is 188 g/mol. The van der Waals surface area contributed by atoms with Crippen molar-refractivity contribution < 1.29 is 12.6 Å². The van der Waals surface area contributed by atoms with Gasteiger partial charge in [-0.15, -0.1) is 0 Å². The summed E-state index contributed by atoms with van der Waals surface area (Å²) in [6, 6.07) is 0. The lowest BCUT2D eigenvalue weighted by molar-refractivity contribution is 0.141. The van der Waals surface area contributed by atoms with Crippen LogP contribution in [0.25, 0.3) is 0 Å². The van der Waals surface area contributed by atoms with Crippen LogP contribution in [0.4, 0.5) is 0 Å². The Morgan fingerprint density at radius 3 is 2.67 bits per heavy atom. The van der Waals surface area contributed by atoms with Crippen LogP contribution in [0, 0.1) is 17.8 Å². The number of fused-ring (bicyclic) bond motifs is 1. The van der Waals surface area contributed by atoms with Crippen molar-refractivity contribution in [2.45, 2.75) is 31.1 Å². The molecule has 0 aromatic carbocycles. The van der Waals surface area contributed by atoms with Gasteiger partial charge in [-0.25, -0.2) is 0 Å². The Bertz CT molecular complexity index is 321. The van der Waals surface area contributed by atoms with Gasteiger partial charge in [0, 0.05) is 5.92 Å². The summed E-state index contributed by atoms with van der Waals surface area (Å²) in [5, 5.41) is -0.149. The smallest absolute Gasteiger partial charge is 0.266 e. The topological polar surface area (TPSA) is 43.4 Å². The van der Waals surface area contributed by atoms with Crippen LogP contribution in [0.5, 0.6) is 0 Å². The van der Waals surface area contributed by atoms with E-state index < -0.39 is 10.1 Å². The Labute approximate surface area is 72.2 Å². The lowest BCUT2D eigenvalue weighted by Crippen LogP contribution is -2.27. The van der Waals surface area contributed by atoms with Crippen LogP contribution in [-0.4, -0.2) is 19.8 Å². The first-order chi connectivity index (χ1) is 5.59. The molecule has 12 heavy (non-hydrogen) atoms. The minimum absolute atomic E-state index is 0.0266. The summed E-state index contributed by atoms with van der Waals surface area (Å²) in [5.74, 6) is 1.40. The van der Waals surface area contributed by atoms with E-state index in [1.54, 1.807) is 0 Å². The van der Waals surface area contributed by atoms with Crippen LogP contribution in [0.1, 0.15) is 19.8 Å². The van der Waals surface area contributed by atoms with Crippen molar-refractivity contribution in [3.63, 3.8) is 0 Å². The zero-order valence-electron chi connectivity index (χ0n) is 6.93. The van der Waals surface area contributed by atoms with Crippen molar-refractivity contribution in [2.75, 3.05) is 0 Å². The fourth-order valence-electron chi connectivity index (χ4n) is 3.22. The lowest BCUT2D eigenvalue weighted by Gasteiger charge is -2.19. The monoisotopic (exact) mass is 188 g/mol. The molecule has 2 aliphatic carbocycles. The van der Waals surface area contributed by atoms with Gasteiger partial charge in [0.2, 0.25) is 0 Å². The molecule has 4 unspecified atom stereocenters. The average Bonchev–Trinajstić information content (AvgIpc) is 2.54. The minimum atomic E-state index is -3.16. The van der Waals surface area contributed by atoms with Gasteiger partial charge in [-0.2, -0.15) is 8.42 Å². The summed E-state index contributed by atoms with van der Waals surface area (Å²) in [6.45, 7) is 2.12. The second-order valence-corrected chi connectivity index (χ2v) is 6.13.